The summed E-state index contributed by atoms with van der Waals surface area (Å²) < 4.78 is 5.78. The predicted molar refractivity (Wildman–Crippen MR) is 118 cm³/mol. The summed E-state index contributed by atoms with van der Waals surface area (Å²) in [6, 6.07) is 25.5. The van der Waals surface area contributed by atoms with E-state index in [9.17, 15) is 4.79 Å². The number of ether oxygens (including phenoxy) is 1. The number of thioether (sulfide) groups is 1. The van der Waals surface area contributed by atoms with Gasteiger partial charge in [0.25, 0.3) is 5.91 Å². The zero-order valence-corrected chi connectivity index (χ0v) is 17.0. The highest BCUT2D eigenvalue weighted by Crippen LogP contribution is 2.24. The van der Waals surface area contributed by atoms with Gasteiger partial charge in [-0.15, -0.1) is 11.8 Å². The monoisotopic (exact) mass is 391 g/mol. The standard InChI is InChI=1S/C24H25NO2S/c1-18(2)22-10-6-7-11-23(22)25-24(26)19-12-14-20(15-13-19)27-16-17-28-21-8-4-3-5-9-21/h3-15,18H,16-17H2,1-2H3,(H,25,26). The second-order valence-corrected chi connectivity index (χ2v) is 7.90. The van der Waals surface area contributed by atoms with Crippen molar-refractivity contribution in [2.24, 2.45) is 0 Å². The molecule has 1 amide bonds. The Kier molecular flexibility index (Phi) is 7.15. The molecule has 0 spiro atoms. The van der Waals surface area contributed by atoms with Gasteiger partial charge < -0.3 is 10.1 Å². The smallest absolute Gasteiger partial charge is 0.255 e. The normalized spacial score (nSPS) is 10.7. The van der Waals surface area contributed by atoms with Crippen molar-refractivity contribution in [1.29, 1.82) is 0 Å². The van der Waals surface area contributed by atoms with Gasteiger partial charge in [0.05, 0.1) is 6.61 Å². The molecule has 0 aliphatic carbocycles. The van der Waals surface area contributed by atoms with E-state index in [1.54, 1.807) is 23.9 Å². The zero-order chi connectivity index (χ0) is 19.8. The Bertz CT molecular complexity index is 892. The number of carbonyl (C=O) groups is 1. The van der Waals surface area contributed by atoms with Crippen LogP contribution in [-0.4, -0.2) is 18.3 Å². The molecule has 0 aromatic heterocycles. The lowest BCUT2D eigenvalue weighted by atomic mass is 10.0. The lowest BCUT2D eigenvalue weighted by Gasteiger charge is -2.14. The fourth-order valence-corrected chi connectivity index (χ4v) is 3.60. The average Bonchev–Trinajstić information content (AvgIpc) is 2.72. The van der Waals surface area contributed by atoms with Crippen LogP contribution >= 0.6 is 11.8 Å². The summed E-state index contributed by atoms with van der Waals surface area (Å²) in [4.78, 5) is 13.8. The van der Waals surface area contributed by atoms with Crippen molar-refractivity contribution < 1.29 is 9.53 Å². The van der Waals surface area contributed by atoms with E-state index < -0.39 is 0 Å². The van der Waals surface area contributed by atoms with E-state index >= 15 is 0 Å². The van der Waals surface area contributed by atoms with Gasteiger partial charge in [0, 0.05) is 21.9 Å². The average molecular weight is 392 g/mol. The number of anilines is 1. The van der Waals surface area contributed by atoms with Crippen molar-refractivity contribution in [3.8, 4) is 5.75 Å². The maximum Gasteiger partial charge on any atom is 0.255 e. The number of carbonyl (C=O) groups excluding carboxylic acids is 1. The van der Waals surface area contributed by atoms with Gasteiger partial charge in [0.2, 0.25) is 0 Å². The van der Waals surface area contributed by atoms with E-state index in [2.05, 4.69) is 31.3 Å². The number of para-hydroxylation sites is 1. The molecule has 1 N–H and O–H groups in total. The number of hydrogen-bond donors (Lipinski definition) is 1. The number of benzene rings is 3. The summed E-state index contributed by atoms with van der Waals surface area (Å²) in [7, 11) is 0. The number of rotatable bonds is 8. The Balaban J connectivity index is 1.52. The van der Waals surface area contributed by atoms with Crippen molar-refractivity contribution in [2.45, 2.75) is 24.7 Å². The highest BCUT2D eigenvalue weighted by molar-refractivity contribution is 7.99. The maximum absolute atomic E-state index is 12.6. The van der Waals surface area contributed by atoms with E-state index in [1.165, 1.54) is 4.90 Å². The molecule has 4 heteroatoms. The highest BCUT2D eigenvalue weighted by atomic mass is 32.2. The summed E-state index contributed by atoms with van der Waals surface area (Å²) in [6.07, 6.45) is 0. The molecule has 0 saturated carbocycles. The zero-order valence-electron chi connectivity index (χ0n) is 16.2. The van der Waals surface area contributed by atoms with Crippen molar-refractivity contribution in [1.82, 2.24) is 0 Å². The second-order valence-electron chi connectivity index (χ2n) is 6.73. The second kappa shape index (κ2) is 10.00. The van der Waals surface area contributed by atoms with Crippen molar-refractivity contribution in [2.75, 3.05) is 17.7 Å². The van der Waals surface area contributed by atoms with Gasteiger partial charge >= 0.3 is 0 Å². The number of amides is 1. The third-order valence-corrected chi connectivity index (χ3v) is 5.29. The summed E-state index contributed by atoms with van der Waals surface area (Å²) >= 11 is 1.76. The fraction of sp³-hybridized carbons (Fsp3) is 0.208. The van der Waals surface area contributed by atoms with Crippen LogP contribution in [0, 0.1) is 0 Å². The molecular weight excluding hydrogens is 366 g/mol. The molecule has 0 saturated heterocycles. The maximum atomic E-state index is 12.6. The minimum atomic E-state index is -0.112. The SMILES string of the molecule is CC(C)c1ccccc1NC(=O)c1ccc(OCCSc2ccccc2)cc1. The van der Waals surface area contributed by atoms with Crippen LogP contribution in [0.15, 0.2) is 83.8 Å². The minimum absolute atomic E-state index is 0.112. The summed E-state index contributed by atoms with van der Waals surface area (Å²) in [5.41, 5.74) is 2.61. The molecular formula is C24H25NO2S. The van der Waals surface area contributed by atoms with Crippen LogP contribution in [0.2, 0.25) is 0 Å². The van der Waals surface area contributed by atoms with Gasteiger partial charge in [-0.05, 0) is 53.9 Å². The Hall–Kier alpha value is -2.72. The predicted octanol–water partition coefficient (Wildman–Crippen LogP) is 6.23. The Morgan fingerprint density at radius 1 is 0.929 bits per heavy atom. The van der Waals surface area contributed by atoms with Crippen LogP contribution in [0.5, 0.6) is 5.75 Å². The van der Waals surface area contributed by atoms with Crippen LogP contribution in [0.25, 0.3) is 0 Å². The largest absolute Gasteiger partial charge is 0.493 e. The molecule has 3 aromatic rings. The third-order valence-electron chi connectivity index (χ3n) is 4.31. The van der Waals surface area contributed by atoms with Gasteiger partial charge in [0.1, 0.15) is 5.75 Å². The van der Waals surface area contributed by atoms with Gasteiger partial charge in [-0.2, -0.15) is 0 Å². The van der Waals surface area contributed by atoms with E-state index in [-0.39, 0.29) is 5.91 Å². The van der Waals surface area contributed by atoms with Crippen LogP contribution < -0.4 is 10.1 Å². The first-order chi connectivity index (χ1) is 13.6. The Morgan fingerprint density at radius 3 is 2.32 bits per heavy atom. The Labute approximate surface area is 171 Å². The molecule has 3 aromatic carbocycles. The van der Waals surface area contributed by atoms with Crippen LogP contribution in [-0.2, 0) is 0 Å². The molecule has 0 unspecified atom stereocenters. The molecule has 0 aliphatic heterocycles. The van der Waals surface area contributed by atoms with E-state index in [4.69, 9.17) is 4.74 Å². The van der Waals surface area contributed by atoms with Crippen molar-refractivity contribution in [3.05, 3.63) is 90.0 Å². The van der Waals surface area contributed by atoms with Crippen molar-refractivity contribution in [3.63, 3.8) is 0 Å². The molecule has 0 radical (unpaired) electrons. The molecule has 0 heterocycles. The van der Waals surface area contributed by atoms with Crippen LogP contribution in [0.3, 0.4) is 0 Å². The third kappa shape index (κ3) is 5.64. The molecule has 3 rings (SSSR count). The van der Waals surface area contributed by atoms with E-state index in [0.29, 0.717) is 18.1 Å². The highest BCUT2D eigenvalue weighted by Gasteiger charge is 2.11. The molecule has 0 fully saturated rings. The van der Waals surface area contributed by atoms with Crippen LogP contribution in [0.1, 0.15) is 35.7 Å². The quantitative estimate of drug-likeness (QED) is 0.365. The van der Waals surface area contributed by atoms with Gasteiger partial charge in [-0.1, -0.05) is 50.2 Å². The first-order valence-corrected chi connectivity index (χ1v) is 10.4. The first kappa shape index (κ1) is 20.0. The molecule has 3 nitrogen and oxygen atoms in total. The topological polar surface area (TPSA) is 38.3 Å². The van der Waals surface area contributed by atoms with Gasteiger partial charge in [0.15, 0.2) is 0 Å². The van der Waals surface area contributed by atoms with Crippen LogP contribution in [0.4, 0.5) is 5.69 Å². The molecule has 0 atom stereocenters. The van der Waals surface area contributed by atoms with E-state index in [0.717, 1.165) is 22.8 Å². The van der Waals surface area contributed by atoms with Crippen molar-refractivity contribution >= 4 is 23.4 Å². The van der Waals surface area contributed by atoms with Gasteiger partial charge in [-0.3, -0.25) is 4.79 Å². The molecule has 0 aliphatic rings. The summed E-state index contributed by atoms with van der Waals surface area (Å²) in [6.45, 7) is 4.85. The summed E-state index contributed by atoms with van der Waals surface area (Å²) in [5, 5.41) is 3.02. The number of hydrogen-bond acceptors (Lipinski definition) is 3. The lowest BCUT2D eigenvalue weighted by molar-refractivity contribution is 0.102. The lowest BCUT2D eigenvalue weighted by Crippen LogP contribution is -2.13. The number of nitrogens with one attached hydrogen (secondary N) is 1. The molecule has 0 bridgehead atoms. The molecule has 28 heavy (non-hydrogen) atoms. The van der Waals surface area contributed by atoms with E-state index in [1.807, 2.05) is 54.6 Å². The minimum Gasteiger partial charge on any atom is -0.493 e. The fourth-order valence-electron chi connectivity index (χ4n) is 2.85. The molecule has 144 valence electrons. The van der Waals surface area contributed by atoms with Gasteiger partial charge in [-0.25, -0.2) is 0 Å². The Morgan fingerprint density at radius 2 is 1.61 bits per heavy atom. The first-order valence-electron chi connectivity index (χ1n) is 9.44. The summed E-state index contributed by atoms with van der Waals surface area (Å²) in [5.74, 6) is 1.88.